The molecule has 2 rings (SSSR count). The van der Waals surface area contributed by atoms with Gasteiger partial charge in [-0.25, -0.2) is 8.78 Å². The number of rotatable bonds is 3. The Labute approximate surface area is 108 Å². The van der Waals surface area contributed by atoms with Crippen LogP contribution < -0.4 is 5.32 Å². The Kier molecular flexibility index (Phi) is 3.67. The lowest BCUT2D eigenvalue weighted by atomic mass is 10.2. The van der Waals surface area contributed by atoms with Gasteiger partial charge < -0.3 is 10.4 Å². The van der Waals surface area contributed by atoms with Crippen LogP contribution in [0.2, 0.25) is 5.02 Å². The topological polar surface area (TPSA) is 32.3 Å². The highest BCUT2D eigenvalue weighted by molar-refractivity contribution is 6.30. The van der Waals surface area contributed by atoms with E-state index in [4.69, 9.17) is 11.6 Å². The highest BCUT2D eigenvalue weighted by atomic mass is 35.5. The summed E-state index contributed by atoms with van der Waals surface area (Å²) in [6.07, 6.45) is 0. The normalized spacial score (nSPS) is 10.4. The van der Waals surface area contributed by atoms with Gasteiger partial charge in [0.25, 0.3) is 0 Å². The van der Waals surface area contributed by atoms with Crippen LogP contribution in [0.25, 0.3) is 0 Å². The summed E-state index contributed by atoms with van der Waals surface area (Å²) in [4.78, 5) is 0. The summed E-state index contributed by atoms with van der Waals surface area (Å²) in [7, 11) is 0. The smallest absolute Gasteiger partial charge is 0.143 e. The van der Waals surface area contributed by atoms with Crippen LogP contribution in [-0.2, 0) is 6.54 Å². The van der Waals surface area contributed by atoms with E-state index in [9.17, 15) is 13.9 Å². The van der Waals surface area contributed by atoms with Crippen molar-refractivity contribution in [3.63, 3.8) is 0 Å². The van der Waals surface area contributed by atoms with Gasteiger partial charge in [0.2, 0.25) is 0 Å². The maximum atomic E-state index is 13.2. The van der Waals surface area contributed by atoms with E-state index in [1.807, 2.05) is 0 Å². The van der Waals surface area contributed by atoms with Crippen molar-refractivity contribution in [1.29, 1.82) is 0 Å². The molecule has 2 N–H and O–H groups in total. The lowest BCUT2D eigenvalue weighted by Crippen LogP contribution is -2.00. The first kappa shape index (κ1) is 12.6. The summed E-state index contributed by atoms with van der Waals surface area (Å²) in [6, 6.07) is 8.04. The van der Waals surface area contributed by atoms with Gasteiger partial charge in [0.15, 0.2) is 0 Å². The maximum Gasteiger partial charge on any atom is 0.143 e. The molecule has 0 saturated heterocycles. The standard InChI is InChI=1S/C13H10ClF2NO/c14-12-2-1-10(6-13(12)16)17-7-8-3-9(15)5-11(18)4-8/h1-6,17-18H,7H2. The number of hydrogen-bond donors (Lipinski definition) is 2. The lowest BCUT2D eigenvalue weighted by Gasteiger charge is -2.07. The van der Waals surface area contributed by atoms with Crippen LogP contribution in [0, 0.1) is 11.6 Å². The fourth-order valence-electron chi connectivity index (χ4n) is 1.55. The number of nitrogens with one attached hydrogen (secondary N) is 1. The molecule has 0 amide bonds. The van der Waals surface area contributed by atoms with E-state index in [2.05, 4.69) is 5.32 Å². The number of hydrogen-bond acceptors (Lipinski definition) is 2. The first-order chi connectivity index (χ1) is 8.54. The molecule has 0 aliphatic rings. The van der Waals surface area contributed by atoms with Gasteiger partial charge in [-0.2, -0.15) is 0 Å². The van der Waals surface area contributed by atoms with E-state index in [0.717, 1.165) is 6.07 Å². The van der Waals surface area contributed by atoms with Gasteiger partial charge in [-0.15, -0.1) is 0 Å². The molecule has 2 aromatic rings. The van der Waals surface area contributed by atoms with Gasteiger partial charge in [-0.3, -0.25) is 0 Å². The van der Waals surface area contributed by atoms with Crippen molar-refractivity contribution >= 4 is 17.3 Å². The number of benzene rings is 2. The summed E-state index contributed by atoms with van der Waals surface area (Å²) in [5, 5.41) is 12.2. The SMILES string of the molecule is Oc1cc(F)cc(CNc2ccc(Cl)c(F)c2)c1. The Morgan fingerprint density at radius 1 is 1.11 bits per heavy atom. The molecule has 0 aliphatic heterocycles. The van der Waals surface area contributed by atoms with E-state index in [1.165, 1.54) is 24.3 Å². The highest BCUT2D eigenvalue weighted by Gasteiger charge is 2.02. The predicted molar refractivity (Wildman–Crippen MR) is 66.8 cm³/mol. The second-order valence-electron chi connectivity index (χ2n) is 3.80. The second kappa shape index (κ2) is 5.23. The largest absolute Gasteiger partial charge is 0.508 e. The van der Waals surface area contributed by atoms with Gasteiger partial charge in [0.1, 0.15) is 17.4 Å². The Balaban J connectivity index is 2.08. The summed E-state index contributed by atoms with van der Waals surface area (Å²) in [5.41, 5.74) is 1.09. The average molecular weight is 270 g/mol. The van der Waals surface area contributed by atoms with Crippen molar-refractivity contribution in [3.8, 4) is 5.75 Å². The fourth-order valence-corrected chi connectivity index (χ4v) is 1.66. The molecule has 0 aromatic heterocycles. The van der Waals surface area contributed by atoms with Crippen LogP contribution in [0.15, 0.2) is 36.4 Å². The summed E-state index contributed by atoms with van der Waals surface area (Å²) in [5.74, 6) is -1.19. The molecule has 94 valence electrons. The molecule has 0 aliphatic carbocycles. The molecular formula is C13H10ClF2NO. The van der Waals surface area contributed by atoms with Gasteiger partial charge >= 0.3 is 0 Å². The van der Waals surface area contributed by atoms with Crippen molar-refractivity contribution in [2.45, 2.75) is 6.54 Å². The molecule has 0 saturated carbocycles. The Morgan fingerprint density at radius 3 is 2.56 bits per heavy atom. The number of phenolic OH excluding ortho intramolecular Hbond substituents is 1. The van der Waals surface area contributed by atoms with E-state index in [1.54, 1.807) is 6.07 Å². The quantitative estimate of drug-likeness (QED) is 0.885. The van der Waals surface area contributed by atoms with E-state index in [0.29, 0.717) is 11.3 Å². The van der Waals surface area contributed by atoms with Crippen molar-refractivity contribution in [2.24, 2.45) is 0 Å². The zero-order valence-corrected chi connectivity index (χ0v) is 10.0. The summed E-state index contributed by atoms with van der Waals surface area (Å²) >= 11 is 5.55. The minimum absolute atomic E-state index is 0.0453. The second-order valence-corrected chi connectivity index (χ2v) is 4.21. The molecule has 0 fully saturated rings. The minimum atomic E-state index is -0.524. The Hall–Kier alpha value is -1.81. The predicted octanol–water partition coefficient (Wildman–Crippen LogP) is 3.94. The molecule has 2 nitrogen and oxygen atoms in total. The third-order valence-corrected chi connectivity index (χ3v) is 2.67. The third kappa shape index (κ3) is 3.11. The van der Waals surface area contributed by atoms with Crippen LogP contribution in [0.4, 0.5) is 14.5 Å². The zero-order chi connectivity index (χ0) is 13.1. The van der Waals surface area contributed by atoms with E-state index < -0.39 is 11.6 Å². The van der Waals surface area contributed by atoms with Crippen molar-refractivity contribution in [3.05, 3.63) is 58.6 Å². The third-order valence-electron chi connectivity index (χ3n) is 2.36. The highest BCUT2D eigenvalue weighted by Crippen LogP contribution is 2.20. The monoisotopic (exact) mass is 269 g/mol. The lowest BCUT2D eigenvalue weighted by molar-refractivity contribution is 0.468. The molecule has 5 heteroatoms. The van der Waals surface area contributed by atoms with Crippen LogP contribution in [0.3, 0.4) is 0 Å². The molecule has 0 bridgehead atoms. The first-order valence-electron chi connectivity index (χ1n) is 5.22. The molecule has 0 heterocycles. The summed E-state index contributed by atoms with van der Waals surface area (Å²) < 4.78 is 26.2. The van der Waals surface area contributed by atoms with E-state index >= 15 is 0 Å². The number of halogens is 3. The molecular weight excluding hydrogens is 260 g/mol. The molecule has 18 heavy (non-hydrogen) atoms. The van der Waals surface area contributed by atoms with Crippen LogP contribution >= 0.6 is 11.6 Å². The fraction of sp³-hybridized carbons (Fsp3) is 0.0769. The van der Waals surface area contributed by atoms with Gasteiger partial charge in [-0.05, 0) is 35.9 Å². The van der Waals surface area contributed by atoms with Gasteiger partial charge in [-0.1, -0.05) is 11.6 Å². The first-order valence-corrected chi connectivity index (χ1v) is 5.60. The molecule has 0 atom stereocenters. The van der Waals surface area contributed by atoms with Crippen LogP contribution in [0.5, 0.6) is 5.75 Å². The van der Waals surface area contributed by atoms with Crippen molar-refractivity contribution in [1.82, 2.24) is 0 Å². The van der Waals surface area contributed by atoms with E-state index in [-0.39, 0.29) is 17.3 Å². The molecule has 0 unspecified atom stereocenters. The molecule has 0 spiro atoms. The molecule has 2 aromatic carbocycles. The number of aromatic hydroxyl groups is 1. The van der Waals surface area contributed by atoms with Crippen molar-refractivity contribution in [2.75, 3.05) is 5.32 Å². The minimum Gasteiger partial charge on any atom is -0.508 e. The zero-order valence-electron chi connectivity index (χ0n) is 9.25. The van der Waals surface area contributed by atoms with Crippen LogP contribution in [-0.4, -0.2) is 5.11 Å². The number of anilines is 1. The maximum absolute atomic E-state index is 13.2. The Bertz CT molecular complexity index is 555. The van der Waals surface area contributed by atoms with Gasteiger partial charge in [0.05, 0.1) is 5.02 Å². The Morgan fingerprint density at radius 2 is 1.89 bits per heavy atom. The van der Waals surface area contributed by atoms with Gasteiger partial charge in [0, 0.05) is 18.3 Å². The van der Waals surface area contributed by atoms with Crippen molar-refractivity contribution < 1.29 is 13.9 Å². The number of phenols is 1. The average Bonchev–Trinajstić information content (AvgIpc) is 2.29. The summed E-state index contributed by atoms with van der Waals surface area (Å²) in [6.45, 7) is 0.270. The van der Waals surface area contributed by atoms with Crippen LogP contribution in [0.1, 0.15) is 5.56 Å². The molecule has 0 radical (unpaired) electrons.